The normalized spacial score (nSPS) is 11.1. The molecule has 0 amide bonds. The molecular formula is C9H11ClO3S. The third kappa shape index (κ3) is 3.89. The molecule has 1 rings (SSSR count). The minimum Gasteiger partial charge on any atom is -0.478 e. The van der Waals surface area contributed by atoms with Crippen molar-refractivity contribution in [3.05, 3.63) is 29.8 Å². The summed E-state index contributed by atoms with van der Waals surface area (Å²) >= 11 is 0. The fraction of sp³-hybridized carbons (Fsp3) is 0.222. The van der Waals surface area contributed by atoms with Crippen LogP contribution in [0.15, 0.2) is 29.2 Å². The number of carboxylic acids is 1. The molecule has 0 aliphatic heterocycles. The SMILES string of the molecule is CC.O=C(O)c1cccc(S(=O)Cl)c1. The zero-order valence-electron chi connectivity index (χ0n) is 7.86. The van der Waals surface area contributed by atoms with Gasteiger partial charge in [-0.3, -0.25) is 0 Å². The summed E-state index contributed by atoms with van der Waals surface area (Å²) in [5.74, 6) is -1.06. The number of hydrogen-bond acceptors (Lipinski definition) is 2. The van der Waals surface area contributed by atoms with Crippen LogP contribution in [0.2, 0.25) is 0 Å². The predicted octanol–water partition coefficient (Wildman–Crippen LogP) is 2.67. The molecule has 1 atom stereocenters. The Labute approximate surface area is 89.7 Å². The number of carboxylic acid groups (broad SMARTS) is 1. The van der Waals surface area contributed by atoms with Gasteiger partial charge in [0.25, 0.3) is 0 Å². The Bertz CT molecular complexity index is 309. The Morgan fingerprint density at radius 1 is 1.43 bits per heavy atom. The van der Waals surface area contributed by atoms with Crippen molar-refractivity contribution in [2.45, 2.75) is 18.7 Å². The van der Waals surface area contributed by atoms with Crippen LogP contribution >= 0.6 is 10.7 Å². The summed E-state index contributed by atoms with van der Waals surface area (Å²) in [7, 11) is 3.61. The van der Waals surface area contributed by atoms with Crippen LogP contribution < -0.4 is 0 Å². The first-order valence-electron chi connectivity index (χ1n) is 4.02. The molecule has 14 heavy (non-hydrogen) atoms. The van der Waals surface area contributed by atoms with Crippen molar-refractivity contribution in [2.75, 3.05) is 0 Å². The van der Waals surface area contributed by atoms with Gasteiger partial charge in [-0.2, -0.15) is 0 Å². The molecule has 5 heteroatoms. The van der Waals surface area contributed by atoms with Crippen molar-refractivity contribution < 1.29 is 14.1 Å². The van der Waals surface area contributed by atoms with Crippen LogP contribution in [0.1, 0.15) is 24.2 Å². The molecule has 0 heterocycles. The third-order valence-electron chi connectivity index (χ3n) is 1.27. The Kier molecular flexibility index (Phi) is 6.16. The summed E-state index contributed by atoms with van der Waals surface area (Å²) in [5.41, 5.74) is 0.0847. The lowest BCUT2D eigenvalue weighted by Crippen LogP contribution is -1.96. The largest absolute Gasteiger partial charge is 0.478 e. The summed E-state index contributed by atoms with van der Waals surface area (Å²) in [4.78, 5) is 10.7. The van der Waals surface area contributed by atoms with Gasteiger partial charge in [-0.15, -0.1) is 0 Å². The number of benzene rings is 1. The van der Waals surface area contributed by atoms with Crippen LogP contribution in [0.4, 0.5) is 0 Å². The van der Waals surface area contributed by atoms with Gasteiger partial charge in [0.15, 0.2) is 0 Å². The minimum atomic E-state index is -1.65. The maximum absolute atomic E-state index is 10.7. The summed E-state index contributed by atoms with van der Waals surface area (Å²) in [6, 6.07) is 5.70. The molecule has 0 spiro atoms. The Balaban J connectivity index is 0.000000791. The maximum atomic E-state index is 10.7. The molecule has 0 saturated carbocycles. The molecular weight excluding hydrogens is 224 g/mol. The van der Waals surface area contributed by atoms with Crippen LogP contribution in [-0.4, -0.2) is 15.3 Å². The number of hydrogen-bond donors (Lipinski definition) is 1. The maximum Gasteiger partial charge on any atom is 0.335 e. The highest BCUT2D eigenvalue weighted by molar-refractivity contribution is 8.08. The Morgan fingerprint density at radius 3 is 2.43 bits per heavy atom. The van der Waals surface area contributed by atoms with E-state index in [9.17, 15) is 9.00 Å². The van der Waals surface area contributed by atoms with Gasteiger partial charge in [-0.05, 0) is 28.9 Å². The second kappa shape index (κ2) is 6.56. The standard InChI is InChI=1S/C7H5ClO3S.C2H6/c8-12(11)6-3-1-2-5(4-6)7(9)10;1-2/h1-4H,(H,9,10);1-2H3. The monoisotopic (exact) mass is 234 g/mol. The first kappa shape index (κ1) is 13.1. The zero-order valence-corrected chi connectivity index (χ0v) is 9.43. The molecule has 78 valence electrons. The van der Waals surface area contributed by atoms with Crippen molar-refractivity contribution in [3.63, 3.8) is 0 Å². The van der Waals surface area contributed by atoms with Crippen LogP contribution in [0, 0.1) is 0 Å². The number of halogens is 1. The Morgan fingerprint density at radius 2 is 2.00 bits per heavy atom. The molecule has 0 aliphatic carbocycles. The smallest absolute Gasteiger partial charge is 0.335 e. The summed E-state index contributed by atoms with van der Waals surface area (Å²) in [6.07, 6.45) is 0. The molecule has 0 aliphatic rings. The van der Waals surface area contributed by atoms with E-state index in [0.29, 0.717) is 4.90 Å². The first-order chi connectivity index (χ1) is 6.61. The summed E-state index contributed by atoms with van der Waals surface area (Å²) < 4.78 is 10.7. The van der Waals surface area contributed by atoms with Gasteiger partial charge in [-0.1, -0.05) is 19.9 Å². The molecule has 0 bridgehead atoms. The molecule has 1 aromatic carbocycles. The number of rotatable bonds is 2. The van der Waals surface area contributed by atoms with Gasteiger partial charge in [-0.25, -0.2) is 9.00 Å². The average Bonchev–Trinajstić information content (AvgIpc) is 2.21. The number of carbonyl (C=O) groups is 1. The van der Waals surface area contributed by atoms with E-state index in [2.05, 4.69) is 0 Å². The molecule has 3 nitrogen and oxygen atoms in total. The Hall–Kier alpha value is -0.870. The van der Waals surface area contributed by atoms with Crippen molar-refractivity contribution in [1.29, 1.82) is 0 Å². The summed E-state index contributed by atoms with van der Waals surface area (Å²) in [6.45, 7) is 4.00. The lowest BCUT2D eigenvalue weighted by atomic mass is 10.2. The van der Waals surface area contributed by atoms with E-state index >= 15 is 0 Å². The minimum absolute atomic E-state index is 0.0847. The van der Waals surface area contributed by atoms with Gasteiger partial charge >= 0.3 is 5.97 Å². The molecule has 1 aromatic rings. The highest BCUT2D eigenvalue weighted by Gasteiger charge is 2.05. The molecule has 0 saturated heterocycles. The van der Waals surface area contributed by atoms with E-state index in [0.717, 1.165) is 0 Å². The van der Waals surface area contributed by atoms with Crippen LogP contribution in [0.3, 0.4) is 0 Å². The third-order valence-corrected chi connectivity index (χ3v) is 2.43. The van der Waals surface area contributed by atoms with E-state index in [1.165, 1.54) is 24.3 Å². The van der Waals surface area contributed by atoms with E-state index in [1.807, 2.05) is 13.8 Å². The van der Waals surface area contributed by atoms with Crippen molar-refractivity contribution >= 4 is 26.7 Å². The van der Waals surface area contributed by atoms with Crippen molar-refractivity contribution in [1.82, 2.24) is 0 Å². The fourth-order valence-electron chi connectivity index (χ4n) is 0.729. The molecule has 1 unspecified atom stereocenters. The van der Waals surface area contributed by atoms with Crippen LogP contribution in [-0.2, 0) is 10.0 Å². The summed E-state index contributed by atoms with van der Waals surface area (Å²) in [5, 5.41) is 8.55. The van der Waals surface area contributed by atoms with Gasteiger partial charge in [0.1, 0.15) is 10.0 Å². The quantitative estimate of drug-likeness (QED) is 0.801. The fourth-order valence-corrected chi connectivity index (χ4v) is 1.42. The lowest BCUT2D eigenvalue weighted by Gasteiger charge is -1.95. The van der Waals surface area contributed by atoms with Crippen LogP contribution in [0.25, 0.3) is 0 Å². The van der Waals surface area contributed by atoms with Gasteiger partial charge in [0.05, 0.1) is 10.5 Å². The first-order valence-corrected chi connectivity index (χ1v) is 6.00. The molecule has 0 radical (unpaired) electrons. The zero-order chi connectivity index (χ0) is 11.1. The van der Waals surface area contributed by atoms with Gasteiger partial charge in [0.2, 0.25) is 0 Å². The predicted molar refractivity (Wildman–Crippen MR) is 57.0 cm³/mol. The van der Waals surface area contributed by atoms with Gasteiger partial charge in [0, 0.05) is 0 Å². The number of aromatic carboxylic acids is 1. The van der Waals surface area contributed by atoms with Crippen molar-refractivity contribution in [2.24, 2.45) is 0 Å². The topological polar surface area (TPSA) is 54.4 Å². The van der Waals surface area contributed by atoms with Crippen molar-refractivity contribution in [3.8, 4) is 0 Å². The van der Waals surface area contributed by atoms with E-state index in [4.69, 9.17) is 15.8 Å². The highest BCUT2D eigenvalue weighted by atomic mass is 35.7. The van der Waals surface area contributed by atoms with E-state index < -0.39 is 16.0 Å². The highest BCUT2D eigenvalue weighted by Crippen LogP contribution is 2.11. The van der Waals surface area contributed by atoms with Crippen LogP contribution in [0.5, 0.6) is 0 Å². The van der Waals surface area contributed by atoms with E-state index in [-0.39, 0.29) is 5.56 Å². The molecule has 0 fully saturated rings. The average molecular weight is 235 g/mol. The second-order valence-corrected chi connectivity index (χ2v) is 3.82. The van der Waals surface area contributed by atoms with E-state index in [1.54, 1.807) is 0 Å². The second-order valence-electron chi connectivity index (χ2n) is 2.06. The van der Waals surface area contributed by atoms with Gasteiger partial charge < -0.3 is 5.11 Å². The molecule has 1 N–H and O–H groups in total. The lowest BCUT2D eigenvalue weighted by molar-refractivity contribution is 0.0696. The molecule has 0 aromatic heterocycles.